The zero-order valence-electron chi connectivity index (χ0n) is 36.5. The van der Waals surface area contributed by atoms with E-state index in [9.17, 15) is 19.0 Å². The average molecular weight is 811 g/mol. The van der Waals surface area contributed by atoms with Gasteiger partial charge in [-0.3, -0.25) is 18.6 Å². The third-order valence-electron chi connectivity index (χ3n) is 9.95. The van der Waals surface area contributed by atoms with E-state index in [1.807, 2.05) is 0 Å². The molecule has 2 unspecified atom stereocenters. The van der Waals surface area contributed by atoms with E-state index in [0.717, 1.165) is 57.8 Å². The first kappa shape index (κ1) is 54.3. The van der Waals surface area contributed by atoms with Crippen molar-refractivity contribution in [3.8, 4) is 0 Å². The van der Waals surface area contributed by atoms with E-state index in [1.54, 1.807) is 6.92 Å². The number of hydrogen-bond acceptors (Lipinski definition) is 7. The Hall–Kier alpha value is -1.73. The maximum absolute atomic E-state index is 12.6. The van der Waals surface area contributed by atoms with E-state index in [1.165, 1.54) is 128 Å². The lowest BCUT2D eigenvalue weighted by Crippen LogP contribution is -2.29. The topological polar surface area (TPSA) is 108 Å². The number of carbonyl (C=O) groups excluding carboxylic acids is 2. The number of esters is 2. The average Bonchev–Trinajstić information content (AvgIpc) is 3.18. The van der Waals surface area contributed by atoms with Crippen LogP contribution in [0.2, 0.25) is 0 Å². The highest BCUT2D eigenvalue weighted by Gasteiger charge is 2.25. The van der Waals surface area contributed by atoms with Crippen LogP contribution in [0.3, 0.4) is 0 Å². The molecule has 0 aliphatic carbocycles. The Morgan fingerprint density at radius 3 is 1.32 bits per heavy atom. The van der Waals surface area contributed by atoms with Gasteiger partial charge < -0.3 is 14.4 Å². The molecule has 9 heteroatoms. The van der Waals surface area contributed by atoms with Crippen molar-refractivity contribution in [1.82, 2.24) is 0 Å². The Kier molecular flexibility index (Phi) is 41.5. The minimum absolute atomic E-state index is 0.00154. The predicted octanol–water partition coefficient (Wildman–Crippen LogP) is 14.8. The maximum atomic E-state index is 12.6. The van der Waals surface area contributed by atoms with Crippen LogP contribution in [0.5, 0.6) is 0 Å². The van der Waals surface area contributed by atoms with Crippen LogP contribution in [-0.2, 0) is 32.7 Å². The molecule has 0 aromatic rings. The lowest BCUT2D eigenvalue weighted by atomic mass is 10.0. The van der Waals surface area contributed by atoms with Crippen molar-refractivity contribution in [2.24, 2.45) is 0 Å². The van der Waals surface area contributed by atoms with Gasteiger partial charge in [0.05, 0.1) is 13.2 Å². The molecule has 0 fully saturated rings. The molecule has 0 bridgehead atoms. The molecule has 56 heavy (non-hydrogen) atoms. The molecule has 0 aliphatic heterocycles. The summed E-state index contributed by atoms with van der Waals surface area (Å²) in [5.74, 6) is -0.804. The number of carbonyl (C=O) groups is 2. The number of phosphoric ester groups is 1. The summed E-state index contributed by atoms with van der Waals surface area (Å²) in [6, 6.07) is 0. The number of ether oxygens (including phenoxy) is 2. The zero-order valence-corrected chi connectivity index (χ0v) is 37.4. The summed E-state index contributed by atoms with van der Waals surface area (Å²) in [4.78, 5) is 34.8. The van der Waals surface area contributed by atoms with Crippen LogP contribution in [-0.4, -0.2) is 42.8 Å². The third-order valence-corrected chi connectivity index (χ3v) is 11.0. The fraction of sp³-hybridized carbons (Fsp3) is 0.830. The van der Waals surface area contributed by atoms with Gasteiger partial charge in [-0.15, -0.1) is 0 Å². The van der Waals surface area contributed by atoms with Gasteiger partial charge in [0.25, 0.3) is 0 Å². The quantitative estimate of drug-likeness (QED) is 0.0281. The van der Waals surface area contributed by atoms with Gasteiger partial charge in [0, 0.05) is 12.8 Å². The molecule has 0 spiro atoms. The van der Waals surface area contributed by atoms with Crippen LogP contribution in [0.15, 0.2) is 36.5 Å². The largest absolute Gasteiger partial charge is 0.472 e. The highest BCUT2D eigenvalue weighted by Crippen LogP contribution is 2.43. The summed E-state index contributed by atoms with van der Waals surface area (Å²) in [7, 11) is -4.28. The Labute approximate surface area is 345 Å². The van der Waals surface area contributed by atoms with Gasteiger partial charge in [0.15, 0.2) is 6.10 Å². The molecule has 328 valence electrons. The highest BCUT2D eigenvalue weighted by molar-refractivity contribution is 7.47. The zero-order chi connectivity index (χ0) is 41.1. The first-order chi connectivity index (χ1) is 27.3. The molecule has 0 rings (SSSR count). The molecular weight excluding hydrogens is 723 g/mol. The number of allylic oxidation sites excluding steroid dienone is 6. The molecule has 8 nitrogen and oxygen atoms in total. The number of hydrogen-bond donors (Lipinski definition) is 1. The fourth-order valence-electron chi connectivity index (χ4n) is 6.52. The highest BCUT2D eigenvalue weighted by atomic mass is 31.2. The van der Waals surface area contributed by atoms with E-state index in [0.29, 0.717) is 12.8 Å². The second-order valence-corrected chi connectivity index (χ2v) is 16.9. The molecule has 0 radical (unpaired) electrons. The molecule has 0 aromatic carbocycles. The maximum Gasteiger partial charge on any atom is 0.472 e. The summed E-state index contributed by atoms with van der Waals surface area (Å²) in [5, 5.41) is 0. The Bertz CT molecular complexity index is 1010. The van der Waals surface area contributed by atoms with Gasteiger partial charge >= 0.3 is 19.8 Å². The summed E-state index contributed by atoms with van der Waals surface area (Å²) < 4.78 is 32.7. The molecular formula is C47H87O8P. The molecule has 0 aliphatic rings. The van der Waals surface area contributed by atoms with Crippen molar-refractivity contribution < 1.29 is 37.6 Å². The summed E-state index contributed by atoms with van der Waals surface area (Å²) in [6.45, 7) is 5.46. The number of rotatable bonds is 43. The lowest BCUT2D eigenvalue weighted by Gasteiger charge is -2.19. The van der Waals surface area contributed by atoms with Crippen molar-refractivity contribution in [3.63, 3.8) is 0 Å². The standard InChI is InChI=1S/C47H87O8P/c1-4-7-9-11-13-15-17-19-21-23-24-26-28-30-32-34-36-38-40-42-47(49)55-45(44-54-56(50,51)53-6-3)43-52-46(48)41-39-37-35-33-31-29-27-25-22-20-18-16-14-12-10-8-5-2/h13,15,19,21,24,26,45H,4-12,14,16-18,20,22-23,25,27-44H2,1-3H3,(H,50,51)/b15-13-,21-19-,26-24-. The number of unbranched alkanes of at least 4 members (excludes halogenated alkanes) is 25. The van der Waals surface area contributed by atoms with Crippen molar-refractivity contribution in [2.45, 2.75) is 232 Å². The third kappa shape index (κ3) is 41.9. The van der Waals surface area contributed by atoms with E-state index in [4.69, 9.17) is 18.5 Å². The van der Waals surface area contributed by atoms with Crippen LogP contribution < -0.4 is 0 Å². The molecule has 2 atom stereocenters. The van der Waals surface area contributed by atoms with E-state index >= 15 is 0 Å². The molecule has 0 amide bonds. The van der Waals surface area contributed by atoms with Gasteiger partial charge in [-0.2, -0.15) is 0 Å². The van der Waals surface area contributed by atoms with Crippen molar-refractivity contribution in [3.05, 3.63) is 36.5 Å². The fourth-order valence-corrected chi connectivity index (χ4v) is 7.28. The second kappa shape index (κ2) is 42.9. The van der Waals surface area contributed by atoms with E-state index < -0.39 is 26.5 Å². The van der Waals surface area contributed by atoms with Gasteiger partial charge in [0.1, 0.15) is 6.61 Å². The van der Waals surface area contributed by atoms with Crippen LogP contribution >= 0.6 is 7.82 Å². The van der Waals surface area contributed by atoms with E-state index in [-0.39, 0.29) is 25.6 Å². The summed E-state index contributed by atoms with van der Waals surface area (Å²) in [5.41, 5.74) is 0. The Balaban J connectivity index is 4.05. The second-order valence-electron chi connectivity index (χ2n) is 15.4. The SMILES string of the molecule is CCCCC/C=C\C/C=C\C/C=C\CCCCCCCCC(=O)OC(COC(=O)CCCCCCCCCCCCCCCCCCC)COP(=O)(O)OCC. The Morgan fingerprint density at radius 2 is 0.857 bits per heavy atom. The van der Waals surface area contributed by atoms with Gasteiger partial charge in [-0.25, -0.2) is 4.57 Å². The summed E-state index contributed by atoms with van der Waals surface area (Å²) >= 11 is 0. The van der Waals surface area contributed by atoms with Gasteiger partial charge in [-0.1, -0.05) is 192 Å². The molecule has 0 aromatic heterocycles. The van der Waals surface area contributed by atoms with E-state index in [2.05, 4.69) is 50.3 Å². The van der Waals surface area contributed by atoms with Crippen LogP contribution in [0.4, 0.5) is 0 Å². The minimum Gasteiger partial charge on any atom is -0.462 e. The van der Waals surface area contributed by atoms with Gasteiger partial charge in [0.2, 0.25) is 0 Å². The minimum atomic E-state index is -4.28. The van der Waals surface area contributed by atoms with Crippen LogP contribution in [0.1, 0.15) is 226 Å². The first-order valence-corrected chi connectivity index (χ1v) is 24.8. The van der Waals surface area contributed by atoms with Gasteiger partial charge in [-0.05, 0) is 58.3 Å². The Morgan fingerprint density at radius 1 is 0.482 bits per heavy atom. The lowest BCUT2D eigenvalue weighted by molar-refractivity contribution is -0.161. The molecule has 1 N–H and O–H groups in total. The van der Waals surface area contributed by atoms with Crippen LogP contribution in [0.25, 0.3) is 0 Å². The molecule has 0 heterocycles. The van der Waals surface area contributed by atoms with Crippen molar-refractivity contribution in [2.75, 3.05) is 19.8 Å². The number of phosphoric acid groups is 1. The first-order valence-electron chi connectivity index (χ1n) is 23.3. The van der Waals surface area contributed by atoms with Crippen molar-refractivity contribution in [1.29, 1.82) is 0 Å². The smallest absolute Gasteiger partial charge is 0.462 e. The monoisotopic (exact) mass is 811 g/mol. The van der Waals surface area contributed by atoms with Crippen molar-refractivity contribution >= 4 is 19.8 Å². The summed E-state index contributed by atoms with van der Waals surface area (Å²) in [6.07, 6.45) is 49.1. The molecule has 0 saturated carbocycles. The molecule has 0 saturated heterocycles. The van der Waals surface area contributed by atoms with Crippen LogP contribution in [0, 0.1) is 0 Å². The predicted molar refractivity (Wildman–Crippen MR) is 235 cm³/mol. The normalized spacial score (nSPS) is 13.6.